The molecule has 0 unspecified atom stereocenters. The van der Waals surface area contributed by atoms with E-state index in [1.54, 1.807) is 11.8 Å². The SMILES string of the molecule is CC(C)(C)C(=O)N1CCC(C(=O)Nc2nnc(SCCCc3ccccc3)s2)CC1. The second-order valence-electron chi connectivity index (χ2n) is 8.62. The number of hydrogen-bond donors (Lipinski definition) is 1. The zero-order valence-electron chi connectivity index (χ0n) is 17.9. The van der Waals surface area contributed by atoms with Gasteiger partial charge in [-0.1, -0.05) is 74.2 Å². The number of thioether (sulfide) groups is 1. The van der Waals surface area contributed by atoms with Crippen LogP contribution >= 0.6 is 23.1 Å². The predicted molar refractivity (Wildman–Crippen MR) is 123 cm³/mol. The van der Waals surface area contributed by atoms with Crippen molar-refractivity contribution in [2.45, 2.75) is 50.8 Å². The molecular formula is C22H30N4O2S2. The zero-order valence-corrected chi connectivity index (χ0v) is 19.5. The second kappa shape index (κ2) is 10.4. The van der Waals surface area contributed by atoms with Crippen LogP contribution in [0.25, 0.3) is 0 Å². The summed E-state index contributed by atoms with van der Waals surface area (Å²) >= 11 is 3.10. The lowest BCUT2D eigenvalue weighted by Gasteiger charge is -2.35. The molecule has 1 aromatic heterocycles. The highest BCUT2D eigenvalue weighted by molar-refractivity contribution is 8.01. The molecule has 6 nitrogen and oxygen atoms in total. The van der Waals surface area contributed by atoms with Crippen molar-refractivity contribution >= 4 is 40.0 Å². The number of likely N-dealkylation sites (tertiary alicyclic amines) is 1. The van der Waals surface area contributed by atoms with Crippen LogP contribution in [0.15, 0.2) is 34.7 Å². The Morgan fingerprint density at radius 3 is 2.53 bits per heavy atom. The highest BCUT2D eigenvalue weighted by atomic mass is 32.2. The third-order valence-electron chi connectivity index (χ3n) is 5.11. The third kappa shape index (κ3) is 6.54. The van der Waals surface area contributed by atoms with E-state index in [0.29, 0.717) is 31.1 Å². The molecule has 1 N–H and O–H groups in total. The van der Waals surface area contributed by atoms with Gasteiger partial charge in [-0.15, -0.1) is 10.2 Å². The van der Waals surface area contributed by atoms with Crippen LogP contribution in [0.1, 0.15) is 45.6 Å². The number of hydrogen-bond acceptors (Lipinski definition) is 6. The van der Waals surface area contributed by atoms with Crippen LogP contribution in [0, 0.1) is 11.3 Å². The maximum Gasteiger partial charge on any atom is 0.229 e. The summed E-state index contributed by atoms with van der Waals surface area (Å²) in [6.07, 6.45) is 3.50. The molecule has 1 saturated heterocycles. The summed E-state index contributed by atoms with van der Waals surface area (Å²) in [6, 6.07) is 10.5. The molecule has 30 heavy (non-hydrogen) atoms. The minimum atomic E-state index is -0.378. The first-order valence-electron chi connectivity index (χ1n) is 10.4. The van der Waals surface area contributed by atoms with Crippen molar-refractivity contribution in [3.8, 4) is 0 Å². The third-order valence-corrected chi connectivity index (χ3v) is 7.17. The number of nitrogens with zero attached hydrogens (tertiary/aromatic N) is 3. The topological polar surface area (TPSA) is 75.2 Å². The fourth-order valence-corrected chi connectivity index (χ4v) is 5.19. The number of rotatable bonds is 7. The molecule has 2 aromatic rings. The predicted octanol–water partition coefficient (Wildman–Crippen LogP) is 4.49. The second-order valence-corrected chi connectivity index (χ2v) is 10.9. The number of aromatic nitrogens is 2. The van der Waals surface area contributed by atoms with Crippen LogP contribution in [0.2, 0.25) is 0 Å². The van der Waals surface area contributed by atoms with Crippen LogP contribution < -0.4 is 5.32 Å². The van der Waals surface area contributed by atoms with Gasteiger partial charge in [-0.25, -0.2) is 0 Å². The Bertz CT molecular complexity index is 840. The molecule has 2 heterocycles. The van der Waals surface area contributed by atoms with Crippen molar-refractivity contribution in [2.75, 3.05) is 24.2 Å². The van der Waals surface area contributed by atoms with E-state index in [1.165, 1.54) is 16.9 Å². The fraction of sp³-hybridized carbons (Fsp3) is 0.545. The van der Waals surface area contributed by atoms with Crippen LogP contribution in [-0.4, -0.2) is 45.8 Å². The smallest absolute Gasteiger partial charge is 0.229 e. The minimum Gasteiger partial charge on any atom is -0.342 e. The number of aryl methyl sites for hydroxylation is 1. The van der Waals surface area contributed by atoms with Crippen molar-refractivity contribution < 1.29 is 9.59 Å². The lowest BCUT2D eigenvalue weighted by Crippen LogP contribution is -2.45. The molecule has 0 radical (unpaired) electrons. The monoisotopic (exact) mass is 446 g/mol. The molecule has 1 aromatic carbocycles. The summed E-state index contributed by atoms with van der Waals surface area (Å²) in [7, 11) is 0. The van der Waals surface area contributed by atoms with Crippen molar-refractivity contribution in [1.82, 2.24) is 15.1 Å². The van der Waals surface area contributed by atoms with Crippen molar-refractivity contribution in [3.63, 3.8) is 0 Å². The van der Waals surface area contributed by atoms with E-state index < -0.39 is 0 Å². The molecule has 0 atom stereocenters. The Morgan fingerprint density at radius 1 is 1.17 bits per heavy atom. The average molecular weight is 447 g/mol. The molecule has 0 bridgehead atoms. The summed E-state index contributed by atoms with van der Waals surface area (Å²) in [4.78, 5) is 26.8. The molecule has 162 valence electrons. The summed E-state index contributed by atoms with van der Waals surface area (Å²) in [5.74, 6) is 1.02. The Kier molecular flexibility index (Phi) is 7.88. The van der Waals surface area contributed by atoms with Gasteiger partial charge in [0.25, 0.3) is 0 Å². The zero-order chi connectivity index (χ0) is 21.6. The molecule has 0 spiro atoms. The van der Waals surface area contributed by atoms with E-state index >= 15 is 0 Å². The van der Waals surface area contributed by atoms with Crippen LogP contribution in [0.3, 0.4) is 0 Å². The summed E-state index contributed by atoms with van der Waals surface area (Å²) in [5, 5.41) is 11.8. The van der Waals surface area contributed by atoms with Gasteiger partial charge in [0.15, 0.2) is 4.34 Å². The maximum atomic E-state index is 12.6. The highest BCUT2D eigenvalue weighted by Gasteiger charge is 2.32. The van der Waals surface area contributed by atoms with E-state index in [4.69, 9.17) is 0 Å². The molecule has 0 saturated carbocycles. The molecule has 3 rings (SSSR count). The van der Waals surface area contributed by atoms with Gasteiger partial charge in [0.2, 0.25) is 16.9 Å². The molecule has 1 aliphatic rings. The molecule has 2 amide bonds. The molecule has 8 heteroatoms. The van der Waals surface area contributed by atoms with E-state index in [9.17, 15) is 9.59 Å². The van der Waals surface area contributed by atoms with Gasteiger partial charge in [-0.2, -0.15) is 0 Å². The summed E-state index contributed by atoms with van der Waals surface area (Å²) in [5.41, 5.74) is 0.968. The first kappa shape index (κ1) is 22.7. The lowest BCUT2D eigenvalue weighted by atomic mass is 9.91. The number of carbonyl (C=O) groups excluding carboxylic acids is 2. The van der Waals surface area contributed by atoms with E-state index in [1.807, 2.05) is 31.7 Å². The largest absolute Gasteiger partial charge is 0.342 e. The molecular weight excluding hydrogens is 416 g/mol. The van der Waals surface area contributed by atoms with Crippen molar-refractivity contribution in [2.24, 2.45) is 11.3 Å². The number of carbonyl (C=O) groups is 2. The van der Waals surface area contributed by atoms with Gasteiger partial charge in [-0.3, -0.25) is 9.59 Å². The van der Waals surface area contributed by atoms with Gasteiger partial charge < -0.3 is 10.2 Å². The molecule has 0 aliphatic carbocycles. The maximum absolute atomic E-state index is 12.6. The Hall–Kier alpha value is -1.93. The number of piperidine rings is 1. The van der Waals surface area contributed by atoms with Crippen molar-refractivity contribution in [3.05, 3.63) is 35.9 Å². The van der Waals surface area contributed by atoms with Crippen LogP contribution in [0.4, 0.5) is 5.13 Å². The Balaban J connectivity index is 1.39. The number of anilines is 1. The van der Waals surface area contributed by atoms with E-state index in [-0.39, 0.29) is 23.1 Å². The first-order chi connectivity index (χ1) is 14.3. The van der Waals surface area contributed by atoms with Gasteiger partial charge in [0, 0.05) is 30.2 Å². The highest BCUT2D eigenvalue weighted by Crippen LogP contribution is 2.28. The Morgan fingerprint density at radius 2 is 1.87 bits per heavy atom. The van der Waals surface area contributed by atoms with E-state index in [2.05, 4.69) is 39.8 Å². The van der Waals surface area contributed by atoms with Crippen LogP contribution in [-0.2, 0) is 16.0 Å². The summed E-state index contributed by atoms with van der Waals surface area (Å²) in [6.45, 7) is 7.06. The summed E-state index contributed by atoms with van der Waals surface area (Å²) < 4.78 is 0.879. The van der Waals surface area contributed by atoms with E-state index in [0.717, 1.165) is 22.9 Å². The standard InChI is InChI=1S/C22H30N4O2S2/c1-22(2,3)19(28)26-13-11-17(12-14-26)18(27)23-20-24-25-21(30-20)29-15-7-10-16-8-5-4-6-9-16/h4-6,8-9,17H,7,10-15H2,1-3H3,(H,23,24,27). The number of nitrogens with one attached hydrogen (secondary N) is 1. The van der Waals surface area contributed by atoms with Gasteiger partial charge in [0.05, 0.1) is 0 Å². The quantitative estimate of drug-likeness (QED) is 0.385. The average Bonchev–Trinajstić information content (AvgIpc) is 3.18. The van der Waals surface area contributed by atoms with Crippen LogP contribution in [0.5, 0.6) is 0 Å². The molecule has 1 aliphatic heterocycles. The van der Waals surface area contributed by atoms with Gasteiger partial charge in [-0.05, 0) is 31.2 Å². The lowest BCUT2D eigenvalue weighted by molar-refractivity contribution is -0.142. The Labute approximate surface area is 186 Å². The molecule has 1 fully saturated rings. The van der Waals surface area contributed by atoms with Crippen molar-refractivity contribution in [1.29, 1.82) is 0 Å². The van der Waals surface area contributed by atoms with Gasteiger partial charge >= 0.3 is 0 Å². The normalized spacial score (nSPS) is 15.2. The number of benzene rings is 1. The number of amides is 2. The first-order valence-corrected chi connectivity index (χ1v) is 12.2. The van der Waals surface area contributed by atoms with Gasteiger partial charge in [0.1, 0.15) is 0 Å². The fourth-order valence-electron chi connectivity index (χ4n) is 3.43. The minimum absolute atomic E-state index is 0.0189.